The number of hydrogen-bond acceptors (Lipinski definition) is 3. The van der Waals surface area contributed by atoms with Gasteiger partial charge in [-0.2, -0.15) is 5.10 Å². The standard InChI is InChI=1S/C4H12N4/c1-3-4(7-5)8-6-2/h6H,3,5H2,1-2H3,(H,7,8). The maximum absolute atomic E-state index is 4.95. The average Bonchev–Trinajstić information content (AvgIpc) is 1.83. The molecule has 0 unspecified atom stereocenters. The number of rotatable bonds is 2. The Labute approximate surface area is 49.1 Å². The van der Waals surface area contributed by atoms with E-state index in [1.165, 1.54) is 0 Å². The first-order valence-electron chi connectivity index (χ1n) is 2.54. The van der Waals surface area contributed by atoms with Gasteiger partial charge in [-0.1, -0.05) is 6.92 Å². The molecular formula is C4H12N4. The lowest BCUT2D eigenvalue weighted by molar-refractivity contribution is 0.750. The zero-order valence-electron chi connectivity index (χ0n) is 5.23. The molecule has 0 atom stereocenters. The maximum atomic E-state index is 4.95. The molecule has 0 aromatic heterocycles. The van der Waals surface area contributed by atoms with Gasteiger partial charge in [-0.05, 0) is 0 Å². The lowest BCUT2D eigenvalue weighted by Gasteiger charge is -2.01. The average molecular weight is 116 g/mol. The third-order valence-electron chi connectivity index (χ3n) is 0.760. The molecule has 4 N–H and O–H groups in total. The Morgan fingerprint density at radius 2 is 2.38 bits per heavy atom. The van der Waals surface area contributed by atoms with Gasteiger partial charge in [0.15, 0.2) is 0 Å². The number of hydrazone groups is 1. The van der Waals surface area contributed by atoms with Gasteiger partial charge in [-0.15, -0.1) is 0 Å². The van der Waals surface area contributed by atoms with E-state index in [0.29, 0.717) is 0 Å². The van der Waals surface area contributed by atoms with E-state index in [1.807, 2.05) is 6.92 Å². The van der Waals surface area contributed by atoms with Crippen LogP contribution < -0.4 is 16.7 Å². The van der Waals surface area contributed by atoms with E-state index < -0.39 is 0 Å². The summed E-state index contributed by atoms with van der Waals surface area (Å²) >= 11 is 0. The SMILES string of the molecule is CC/C(=N/N)NNC. The number of hydrogen-bond donors (Lipinski definition) is 3. The zero-order chi connectivity index (χ0) is 6.41. The maximum Gasteiger partial charge on any atom is 0.135 e. The molecule has 0 aliphatic rings. The van der Waals surface area contributed by atoms with Crippen LogP contribution in [0.5, 0.6) is 0 Å². The van der Waals surface area contributed by atoms with Crippen LogP contribution in [0, 0.1) is 0 Å². The zero-order valence-corrected chi connectivity index (χ0v) is 5.23. The van der Waals surface area contributed by atoms with Gasteiger partial charge in [0.25, 0.3) is 0 Å². The van der Waals surface area contributed by atoms with Gasteiger partial charge in [0.05, 0.1) is 0 Å². The molecule has 0 rings (SSSR count). The van der Waals surface area contributed by atoms with E-state index in [4.69, 9.17) is 5.84 Å². The molecule has 0 amide bonds. The highest BCUT2D eigenvalue weighted by molar-refractivity contribution is 5.80. The summed E-state index contributed by atoms with van der Waals surface area (Å²) in [6.07, 6.45) is 0.817. The van der Waals surface area contributed by atoms with Crippen LogP contribution in [0.4, 0.5) is 0 Å². The molecule has 0 saturated carbocycles. The number of nitrogens with two attached hydrogens (primary N) is 1. The number of nitrogens with zero attached hydrogens (tertiary/aromatic N) is 1. The summed E-state index contributed by atoms with van der Waals surface area (Å²) in [4.78, 5) is 0. The highest BCUT2D eigenvalue weighted by Gasteiger charge is 1.86. The van der Waals surface area contributed by atoms with Gasteiger partial charge < -0.3 is 11.3 Å². The number of hydrazine groups is 1. The highest BCUT2D eigenvalue weighted by atomic mass is 15.4. The van der Waals surface area contributed by atoms with Crippen LogP contribution in [-0.2, 0) is 0 Å². The second-order valence-electron chi connectivity index (χ2n) is 1.30. The molecule has 0 radical (unpaired) electrons. The number of amidine groups is 1. The fraction of sp³-hybridized carbons (Fsp3) is 0.750. The van der Waals surface area contributed by atoms with Crippen LogP contribution in [0.15, 0.2) is 5.10 Å². The Balaban J connectivity index is 3.38. The lowest BCUT2D eigenvalue weighted by Crippen LogP contribution is -2.34. The summed E-state index contributed by atoms with van der Waals surface area (Å²) in [5.74, 6) is 5.71. The van der Waals surface area contributed by atoms with E-state index in [1.54, 1.807) is 7.05 Å². The minimum Gasteiger partial charge on any atom is -0.322 e. The first kappa shape index (κ1) is 7.23. The molecular weight excluding hydrogens is 104 g/mol. The van der Waals surface area contributed by atoms with Gasteiger partial charge in [0.1, 0.15) is 5.84 Å². The minimum absolute atomic E-state index is 0.757. The predicted octanol–water partition coefficient (Wildman–Crippen LogP) is -0.607. The van der Waals surface area contributed by atoms with Crippen molar-refractivity contribution >= 4 is 5.84 Å². The second-order valence-corrected chi connectivity index (χ2v) is 1.30. The molecule has 0 aliphatic heterocycles. The smallest absolute Gasteiger partial charge is 0.135 e. The summed E-state index contributed by atoms with van der Waals surface area (Å²) in [6.45, 7) is 1.97. The van der Waals surface area contributed by atoms with Crippen LogP contribution in [0.1, 0.15) is 13.3 Å². The lowest BCUT2D eigenvalue weighted by atomic mass is 10.5. The summed E-state index contributed by atoms with van der Waals surface area (Å²) in [5, 5.41) is 3.44. The van der Waals surface area contributed by atoms with Crippen molar-refractivity contribution in [3.63, 3.8) is 0 Å². The van der Waals surface area contributed by atoms with Gasteiger partial charge in [-0.3, -0.25) is 0 Å². The molecule has 0 heterocycles. The van der Waals surface area contributed by atoms with Gasteiger partial charge >= 0.3 is 0 Å². The topological polar surface area (TPSA) is 62.4 Å². The van der Waals surface area contributed by atoms with Crippen LogP contribution in [0.2, 0.25) is 0 Å². The van der Waals surface area contributed by atoms with Crippen LogP contribution in [0.3, 0.4) is 0 Å². The molecule has 4 heteroatoms. The predicted molar refractivity (Wildman–Crippen MR) is 34.1 cm³/mol. The quantitative estimate of drug-likeness (QED) is 0.195. The van der Waals surface area contributed by atoms with Crippen molar-refractivity contribution in [1.82, 2.24) is 10.9 Å². The first-order valence-corrected chi connectivity index (χ1v) is 2.54. The molecule has 48 valence electrons. The van der Waals surface area contributed by atoms with Crippen LogP contribution in [0.25, 0.3) is 0 Å². The Morgan fingerprint density at radius 3 is 2.50 bits per heavy atom. The Bertz CT molecular complexity index is 78.1. The monoisotopic (exact) mass is 116 g/mol. The largest absolute Gasteiger partial charge is 0.322 e. The van der Waals surface area contributed by atoms with E-state index in [9.17, 15) is 0 Å². The molecule has 0 aliphatic carbocycles. The Kier molecular flexibility index (Phi) is 3.97. The van der Waals surface area contributed by atoms with Gasteiger partial charge in [-0.25, -0.2) is 5.43 Å². The fourth-order valence-electron chi connectivity index (χ4n) is 0.356. The first-order chi connectivity index (χ1) is 3.85. The van der Waals surface area contributed by atoms with Gasteiger partial charge in [0, 0.05) is 13.5 Å². The van der Waals surface area contributed by atoms with E-state index in [0.717, 1.165) is 12.3 Å². The molecule has 0 fully saturated rings. The van der Waals surface area contributed by atoms with Crippen LogP contribution in [-0.4, -0.2) is 12.9 Å². The minimum atomic E-state index is 0.757. The molecule has 0 spiro atoms. The van der Waals surface area contributed by atoms with Crippen molar-refractivity contribution in [2.75, 3.05) is 7.05 Å². The highest BCUT2D eigenvalue weighted by Crippen LogP contribution is 1.73. The normalized spacial score (nSPS) is 11.5. The summed E-state index contributed by atoms with van der Waals surface area (Å²) < 4.78 is 0. The summed E-state index contributed by atoms with van der Waals surface area (Å²) in [7, 11) is 1.76. The molecule has 4 nitrogen and oxygen atoms in total. The second kappa shape index (κ2) is 4.39. The van der Waals surface area contributed by atoms with Gasteiger partial charge in [0.2, 0.25) is 0 Å². The van der Waals surface area contributed by atoms with Crippen molar-refractivity contribution < 1.29 is 0 Å². The van der Waals surface area contributed by atoms with Crippen molar-refractivity contribution in [1.29, 1.82) is 0 Å². The van der Waals surface area contributed by atoms with E-state index >= 15 is 0 Å². The molecule has 0 aromatic rings. The summed E-state index contributed by atoms with van der Waals surface area (Å²) in [6, 6.07) is 0. The van der Waals surface area contributed by atoms with Crippen molar-refractivity contribution in [3.8, 4) is 0 Å². The van der Waals surface area contributed by atoms with Crippen molar-refractivity contribution in [2.45, 2.75) is 13.3 Å². The Hall–Kier alpha value is -0.770. The van der Waals surface area contributed by atoms with Crippen molar-refractivity contribution in [2.24, 2.45) is 10.9 Å². The molecule has 8 heavy (non-hydrogen) atoms. The molecule has 0 saturated heterocycles. The van der Waals surface area contributed by atoms with Crippen molar-refractivity contribution in [3.05, 3.63) is 0 Å². The Morgan fingerprint density at radius 1 is 1.75 bits per heavy atom. The summed E-state index contributed by atoms with van der Waals surface area (Å²) in [5.41, 5.74) is 5.47. The third kappa shape index (κ3) is 2.41. The van der Waals surface area contributed by atoms with E-state index in [-0.39, 0.29) is 0 Å². The van der Waals surface area contributed by atoms with E-state index in [2.05, 4.69) is 16.0 Å². The van der Waals surface area contributed by atoms with Crippen LogP contribution >= 0.6 is 0 Å². The molecule has 0 bridgehead atoms. The number of nitrogens with one attached hydrogen (secondary N) is 2. The molecule has 0 aromatic carbocycles. The third-order valence-corrected chi connectivity index (χ3v) is 0.760. The fourth-order valence-corrected chi connectivity index (χ4v) is 0.356.